The zero-order valence-electron chi connectivity index (χ0n) is 11.1. The Morgan fingerprint density at radius 1 is 1.28 bits per heavy atom. The summed E-state index contributed by atoms with van der Waals surface area (Å²) in [4.78, 5) is 6.39. The SMILES string of the molecule is CNc1ccc2c(OCCN(C)C)nccc2c1. The summed E-state index contributed by atoms with van der Waals surface area (Å²) in [7, 11) is 5.97. The first-order valence-corrected chi connectivity index (χ1v) is 6.05. The molecule has 0 radical (unpaired) electrons. The maximum atomic E-state index is 5.73. The van der Waals surface area contributed by atoms with Crippen molar-refractivity contribution in [2.24, 2.45) is 0 Å². The maximum absolute atomic E-state index is 5.73. The summed E-state index contributed by atoms with van der Waals surface area (Å²) in [6.07, 6.45) is 1.78. The van der Waals surface area contributed by atoms with Crippen molar-refractivity contribution in [1.29, 1.82) is 0 Å². The van der Waals surface area contributed by atoms with Gasteiger partial charge in [0.2, 0.25) is 5.88 Å². The molecule has 0 saturated heterocycles. The van der Waals surface area contributed by atoms with Crippen LogP contribution < -0.4 is 10.1 Å². The second-order valence-corrected chi connectivity index (χ2v) is 4.45. The molecule has 4 nitrogen and oxygen atoms in total. The summed E-state index contributed by atoms with van der Waals surface area (Å²) >= 11 is 0. The second kappa shape index (κ2) is 5.69. The molecule has 4 heteroatoms. The Morgan fingerprint density at radius 3 is 2.83 bits per heavy atom. The number of aromatic nitrogens is 1. The van der Waals surface area contributed by atoms with E-state index in [1.54, 1.807) is 6.20 Å². The number of likely N-dealkylation sites (N-methyl/N-ethyl adjacent to an activating group) is 1. The first-order valence-electron chi connectivity index (χ1n) is 6.05. The molecule has 0 aliphatic rings. The van der Waals surface area contributed by atoms with Crippen molar-refractivity contribution in [3.05, 3.63) is 30.5 Å². The molecular weight excluding hydrogens is 226 g/mol. The van der Waals surface area contributed by atoms with Crippen LogP contribution in [0.4, 0.5) is 5.69 Å². The van der Waals surface area contributed by atoms with Gasteiger partial charge in [-0.05, 0) is 43.7 Å². The van der Waals surface area contributed by atoms with Crippen molar-refractivity contribution < 1.29 is 4.74 Å². The van der Waals surface area contributed by atoms with E-state index in [0.717, 1.165) is 23.0 Å². The molecule has 96 valence electrons. The topological polar surface area (TPSA) is 37.4 Å². The van der Waals surface area contributed by atoms with Crippen molar-refractivity contribution in [2.45, 2.75) is 0 Å². The van der Waals surface area contributed by atoms with Gasteiger partial charge in [-0.1, -0.05) is 0 Å². The minimum atomic E-state index is 0.646. The van der Waals surface area contributed by atoms with Gasteiger partial charge in [-0.25, -0.2) is 4.98 Å². The number of benzene rings is 1. The number of hydrogen-bond donors (Lipinski definition) is 1. The lowest BCUT2D eigenvalue weighted by atomic mass is 10.1. The van der Waals surface area contributed by atoms with Crippen LogP contribution in [-0.4, -0.2) is 44.2 Å². The summed E-state index contributed by atoms with van der Waals surface area (Å²) in [5.41, 5.74) is 1.09. The summed E-state index contributed by atoms with van der Waals surface area (Å²) in [5.74, 6) is 0.706. The van der Waals surface area contributed by atoms with E-state index in [2.05, 4.69) is 21.3 Å². The van der Waals surface area contributed by atoms with Gasteiger partial charge in [0.05, 0.1) is 0 Å². The van der Waals surface area contributed by atoms with Crippen LogP contribution in [0.25, 0.3) is 10.8 Å². The maximum Gasteiger partial charge on any atom is 0.221 e. The van der Waals surface area contributed by atoms with E-state index in [9.17, 15) is 0 Å². The first-order chi connectivity index (χ1) is 8.70. The van der Waals surface area contributed by atoms with E-state index >= 15 is 0 Å². The Bertz CT molecular complexity index is 525. The van der Waals surface area contributed by atoms with Crippen molar-refractivity contribution in [3.8, 4) is 5.88 Å². The van der Waals surface area contributed by atoms with Gasteiger partial charge in [0, 0.05) is 30.9 Å². The Balaban J connectivity index is 2.22. The van der Waals surface area contributed by atoms with Crippen molar-refractivity contribution >= 4 is 16.5 Å². The first kappa shape index (κ1) is 12.6. The predicted octanol–water partition coefficient (Wildman–Crippen LogP) is 2.22. The zero-order valence-corrected chi connectivity index (χ0v) is 11.1. The highest BCUT2D eigenvalue weighted by Gasteiger charge is 2.04. The number of nitrogens with zero attached hydrogens (tertiary/aromatic N) is 2. The van der Waals surface area contributed by atoms with Gasteiger partial charge in [0.15, 0.2) is 0 Å². The molecule has 18 heavy (non-hydrogen) atoms. The molecule has 0 bridgehead atoms. The van der Waals surface area contributed by atoms with E-state index in [4.69, 9.17) is 4.74 Å². The number of fused-ring (bicyclic) bond motifs is 1. The molecule has 0 spiro atoms. The standard InChI is InChI=1S/C14H19N3O/c1-15-12-4-5-13-11(10-12)6-7-16-14(13)18-9-8-17(2)3/h4-7,10,15H,8-9H2,1-3H3. The quantitative estimate of drug-likeness (QED) is 0.876. The molecule has 0 amide bonds. The third kappa shape index (κ3) is 2.90. The largest absolute Gasteiger partial charge is 0.476 e. The number of nitrogens with one attached hydrogen (secondary N) is 1. The fourth-order valence-electron chi connectivity index (χ4n) is 1.75. The van der Waals surface area contributed by atoms with E-state index in [1.165, 1.54) is 0 Å². The van der Waals surface area contributed by atoms with Crippen molar-refractivity contribution in [1.82, 2.24) is 9.88 Å². The summed E-state index contributed by atoms with van der Waals surface area (Å²) in [6.45, 7) is 1.53. The molecular formula is C14H19N3O. The van der Waals surface area contributed by atoms with Gasteiger partial charge < -0.3 is 15.0 Å². The predicted molar refractivity (Wildman–Crippen MR) is 75.3 cm³/mol. The molecule has 2 aromatic rings. The Labute approximate surface area is 108 Å². The average Bonchev–Trinajstić information content (AvgIpc) is 2.38. The summed E-state index contributed by atoms with van der Waals surface area (Å²) < 4.78 is 5.73. The normalized spacial score (nSPS) is 10.9. The molecule has 1 aromatic carbocycles. The lowest BCUT2D eigenvalue weighted by Gasteiger charge is -2.12. The zero-order chi connectivity index (χ0) is 13.0. The van der Waals surface area contributed by atoms with Gasteiger partial charge in [0.25, 0.3) is 0 Å². The molecule has 0 saturated carbocycles. The smallest absolute Gasteiger partial charge is 0.221 e. The minimum absolute atomic E-state index is 0.646. The molecule has 0 fully saturated rings. The molecule has 1 heterocycles. The highest BCUT2D eigenvalue weighted by Crippen LogP contribution is 2.25. The minimum Gasteiger partial charge on any atom is -0.476 e. The fraction of sp³-hybridized carbons (Fsp3) is 0.357. The van der Waals surface area contributed by atoms with Crippen LogP contribution in [0.2, 0.25) is 0 Å². The molecule has 2 rings (SSSR count). The van der Waals surface area contributed by atoms with E-state index in [0.29, 0.717) is 12.5 Å². The number of hydrogen-bond acceptors (Lipinski definition) is 4. The van der Waals surface area contributed by atoms with Gasteiger partial charge in [0.1, 0.15) is 6.61 Å². The number of pyridine rings is 1. The molecule has 0 atom stereocenters. The van der Waals surface area contributed by atoms with Gasteiger partial charge in [-0.15, -0.1) is 0 Å². The van der Waals surface area contributed by atoms with Gasteiger partial charge in [-0.3, -0.25) is 0 Å². The van der Waals surface area contributed by atoms with E-state index < -0.39 is 0 Å². The fourth-order valence-corrected chi connectivity index (χ4v) is 1.75. The third-order valence-corrected chi connectivity index (χ3v) is 2.79. The number of ether oxygens (including phenoxy) is 1. The molecule has 0 aliphatic heterocycles. The molecule has 1 aromatic heterocycles. The van der Waals surface area contributed by atoms with Crippen LogP contribution in [0.3, 0.4) is 0 Å². The summed E-state index contributed by atoms with van der Waals surface area (Å²) in [5, 5.41) is 5.32. The van der Waals surface area contributed by atoms with Crippen LogP contribution in [0.5, 0.6) is 5.88 Å². The molecule has 0 aliphatic carbocycles. The van der Waals surface area contributed by atoms with E-state index in [1.807, 2.05) is 39.3 Å². The van der Waals surface area contributed by atoms with E-state index in [-0.39, 0.29) is 0 Å². The van der Waals surface area contributed by atoms with Crippen LogP contribution in [-0.2, 0) is 0 Å². The highest BCUT2D eigenvalue weighted by molar-refractivity contribution is 5.89. The Morgan fingerprint density at radius 2 is 2.11 bits per heavy atom. The van der Waals surface area contributed by atoms with Crippen LogP contribution >= 0.6 is 0 Å². The number of anilines is 1. The highest BCUT2D eigenvalue weighted by atomic mass is 16.5. The Kier molecular flexibility index (Phi) is 3.99. The van der Waals surface area contributed by atoms with Crippen LogP contribution in [0.1, 0.15) is 0 Å². The second-order valence-electron chi connectivity index (χ2n) is 4.45. The van der Waals surface area contributed by atoms with Crippen LogP contribution in [0.15, 0.2) is 30.5 Å². The summed E-state index contributed by atoms with van der Waals surface area (Å²) in [6, 6.07) is 8.16. The van der Waals surface area contributed by atoms with Gasteiger partial charge in [-0.2, -0.15) is 0 Å². The average molecular weight is 245 g/mol. The lowest BCUT2D eigenvalue weighted by molar-refractivity contribution is 0.256. The van der Waals surface area contributed by atoms with Crippen molar-refractivity contribution in [3.63, 3.8) is 0 Å². The van der Waals surface area contributed by atoms with Crippen molar-refractivity contribution in [2.75, 3.05) is 39.6 Å². The lowest BCUT2D eigenvalue weighted by Crippen LogP contribution is -2.19. The number of rotatable bonds is 5. The van der Waals surface area contributed by atoms with Crippen LogP contribution in [0, 0.1) is 0 Å². The monoisotopic (exact) mass is 245 g/mol. The Hall–Kier alpha value is -1.81. The van der Waals surface area contributed by atoms with Gasteiger partial charge >= 0.3 is 0 Å². The molecule has 1 N–H and O–H groups in total. The molecule has 0 unspecified atom stereocenters. The third-order valence-electron chi connectivity index (χ3n) is 2.79.